The van der Waals surface area contributed by atoms with Crippen molar-refractivity contribution in [1.29, 1.82) is 0 Å². The minimum absolute atomic E-state index is 0.0153. The van der Waals surface area contributed by atoms with Gasteiger partial charge in [0.25, 0.3) is 6.43 Å². The van der Waals surface area contributed by atoms with Gasteiger partial charge in [0.1, 0.15) is 5.15 Å². The van der Waals surface area contributed by atoms with Crippen LogP contribution in [0.25, 0.3) is 0 Å². The summed E-state index contributed by atoms with van der Waals surface area (Å²) in [6.07, 6.45) is -2.76. The van der Waals surface area contributed by atoms with E-state index in [2.05, 4.69) is 4.98 Å². The standard InChI is InChI=1S/C7H5Cl2F2NO/c8-3-1-5(9)12-4(2-13)6(3)7(10)11/h1,7,13H,2H2. The van der Waals surface area contributed by atoms with Gasteiger partial charge in [-0.3, -0.25) is 0 Å². The lowest BCUT2D eigenvalue weighted by atomic mass is 10.2. The van der Waals surface area contributed by atoms with E-state index in [9.17, 15) is 8.78 Å². The molecule has 0 spiro atoms. The van der Waals surface area contributed by atoms with E-state index in [1.807, 2.05) is 0 Å². The van der Waals surface area contributed by atoms with Gasteiger partial charge in [0.05, 0.1) is 22.9 Å². The molecule has 1 heterocycles. The van der Waals surface area contributed by atoms with Gasteiger partial charge in [-0.05, 0) is 6.07 Å². The van der Waals surface area contributed by atoms with E-state index in [1.165, 1.54) is 0 Å². The van der Waals surface area contributed by atoms with Crippen molar-refractivity contribution in [3.8, 4) is 0 Å². The topological polar surface area (TPSA) is 33.1 Å². The highest BCUT2D eigenvalue weighted by Gasteiger charge is 2.18. The first-order valence-electron chi connectivity index (χ1n) is 3.30. The largest absolute Gasteiger partial charge is 0.390 e. The van der Waals surface area contributed by atoms with Gasteiger partial charge in [0.15, 0.2) is 0 Å². The molecule has 1 aromatic heterocycles. The molecule has 0 aromatic carbocycles. The summed E-state index contributed by atoms with van der Waals surface area (Å²) in [6, 6.07) is 1.11. The van der Waals surface area contributed by atoms with E-state index < -0.39 is 18.6 Å². The van der Waals surface area contributed by atoms with Crippen LogP contribution in [0.2, 0.25) is 10.2 Å². The van der Waals surface area contributed by atoms with Crippen LogP contribution in [0.5, 0.6) is 0 Å². The third kappa shape index (κ3) is 2.27. The first-order chi connectivity index (χ1) is 6.06. The van der Waals surface area contributed by atoms with E-state index >= 15 is 0 Å². The summed E-state index contributed by atoms with van der Waals surface area (Å²) in [7, 11) is 0. The maximum absolute atomic E-state index is 12.3. The van der Waals surface area contributed by atoms with Crippen molar-refractivity contribution in [2.75, 3.05) is 0 Å². The van der Waals surface area contributed by atoms with E-state index in [0.717, 1.165) is 6.07 Å². The Morgan fingerprint density at radius 1 is 1.46 bits per heavy atom. The number of aliphatic hydroxyl groups is 1. The number of hydrogen-bond donors (Lipinski definition) is 1. The Bertz CT molecular complexity index is 320. The molecular weight excluding hydrogens is 223 g/mol. The average Bonchev–Trinajstić information content (AvgIpc) is 2.01. The number of aromatic nitrogens is 1. The van der Waals surface area contributed by atoms with Gasteiger partial charge in [0, 0.05) is 0 Å². The summed E-state index contributed by atoms with van der Waals surface area (Å²) in [5.74, 6) is 0. The van der Waals surface area contributed by atoms with Crippen LogP contribution in [-0.2, 0) is 6.61 Å². The summed E-state index contributed by atoms with van der Waals surface area (Å²) in [5.41, 5.74) is -0.652. The molecule has 0 aliphatic heterocycles. The Labute approximate surface area is 83.1 Å². The molecule has 0 saturated carbocycles. The van der Waals surface area contributed by atoms with E-state index in [4.69, 9.17) is 28.3 Å². The molecule has 13 heavy (non-hydrogen) atoms. The Hall–Kier alpha value is -0.450. The van der Waals surface area contributed by atoms with Crippen LogP contribution in [0.1, 0.15) is 17.7 Å². The van der Waals surface area contributed by atoms with Crippen LogP contribution in [0.4, 0.5) is 8.78 Å². The third-order valence-electron chi connectivity index (χ3n) is 1.42. The lowest BCUT2D eigenvalue weighted by molar-refractivity contribution is 0.146. The number of pyridine rings is 1. The molecule has 1 aromatic rings. The van der Waals surface area contributed by atoms with Crippen LogP contribution >= 0.6 is 23.2 Å². The lowest BCUT2D eigenvalue weighted by Crippen LogP contribution is -1.99. The predicted molar refractivity (Wildman–Crippen MR) is 45.1 cm³/mol. The fraction of sp³-hybridized carbons (Fsp3) is 0.286. The number of rotatable bonds is 2. The highest BCUT2D eigenvalue weighted by molar-refractivity contribution is 6.34. The molecule has 0 fully saturated rings. The Balaban J connectivity index is 3.30. The quantitative estimate of drug-likeness (QED) is 0.789. The molecule has 1 rings (SSSR count). The van der Waals surface area contributed by atoms with E-state index in [-0.39, 0.29) is 15.9 Å². The second-order valence-electron chi connectivity index (χ2n) is 2.25. The van der Waals surface area contributed by atoms with Gasteiger partial charge in [-0.2, -0.15) is 0 Å². The van der Waals surface area contributed by atoms with Crippen LogP contribution in [0.15, 0.2) is 6.07 Å². The minimum Gasteiger partial charge on any atom is -0.390 e. The first-order valence-corrected chi connectivity index (χ1v) is 4.05. The highest BCUT2D eigenvalue weighted by atomic mass is 35.5. The first kappa shape index (κ1) is 10.6. The lowest BCUT2D eigenvalue weighted by Gasteiger charge is -2.07. The normalized spacial score (nSPS) is 10.9. The molecule has 1 N–H and O–H groups in total. The SMILES string of the molecule is OCc1nc(Cl)cc(Cl)c1C(F)F. The van der Waals surface area contributed by atoms with E-state index in [1.54, 1.807) is 0 Å². The van der Waals surface area contributed by atoms with Crippen LogP contribution < -0.4 is 0 Å². The predicted octanol–water partition coefficient (Wildman–Crippen LogP) is 2.82. The van der Waals surface area contributed by atoms with Crippen LogP contribution in [0, 0.1) is 0 Å². The molecule has 0 aliphatic carbocycles. The molecule has 2 nitrogen and oxygen atoms in total. The van der Waals surface area contributed by atoms with Gasteiger partial charge < -0.3 is 5.11 Å². The molecule has 72 valence electrons. The molecule has 6 heteroatoms. The fourth-order valence-corrected chi connectivity index (χ4v) is 1.45. The molecule has 0 saturated heterocycles. The van der Waals surface area contributed by atoms with Gasteiger partial charge >= 0.3 is 0 Å². The molecule has 0 unspecified atom stereocenters. The number of nitrogens with zero attached hydrogens (tertiary/aromatic N) is 1. The Kier molecular flexibility index (Phi) is 3.41. The van der Waals surface area contributed by atoms with Crippen molar-refractivity contribution in [2.24, 2.45) is 0 Å². The van der Waals surface area contributed by atoms with Crippen LogP contribution in [-0.4, -0.2) is 10.1 Å². The average molecular weight is 228 g/mol. The molecule has 0 radical (unpaired) electrons. The summed E-state index contributed by atoms with van der Waals surface area (Å²) >= 11 is 10.9. The summed E-state index contributed by atoms with van der Waals surface area (Å²) < 4.78 is 24.7. The summed E-state index contributed by atoms with van der Waals surface area (Å²) in [5, 5.41) is 8.51. The molecule has 0 atom stereocenters. The number of hydrogen-bond acceptors (Lipinski definition) is 2. The molecule has 0 amide bonds. The smallest absolute Gasteiger partial charge is 0.267 e. The summed E-state index contributed by atoms with van der Waals surface area (Å²) in [4.78, 5) is 3.52. The van der Waals surface area contributed by atoms with Crippen molar-refractivity contribution in [3.63, 3.8) is 0 Å². The molecular formula is C7H5Cl2F2NO. The van der Waals surface area contributed by atoms with Gasteiger partial charge in [-0.25, -0.2) is 13.8 Å². The van der Waals surface area contributed by atoms with Crippen molar-refractivity contribution in [3.05, 3.63) is 27.5 Å². The molecule has 0 bridgehead atoms. The zero-order valence-corrected chi connectivity index (χ0v) is 7.78. The van der Waals surface area contributed by atoms with E-state index in [0.29, 0.717) is 0 Å². The maximum Gasteiger partial charge on any atom is 0.267 e. The number of aliphatic hydroxyl groups excluding tert-OH is 1. The van der Waals surface area contributed by atoms with Crippen molar-refractivity contribution < 1.29 is 13.9 Å². The monoisotopic (exact) mass is 227 g/mol. The van der Waals surface area contributed by atoms with Crippen molar-refractivity contribution in [1.82, 2.24) is 4.98 Å². The third-order valence-corrected chi connectivity index (χ3v) is 1.93. The highest BCUT2D eigenvalue weighted by Crippen LogP contribution is 2.31. The van der Waals surface area contributed by atoms with Crippen LogP contribution in [0.3, 0.4) is 0 Å². The maximum atomic E-state index is 12.3. The summed E-state index contributed by atoms with van der Waals surface area (Å²) in [6.45, 7) is -0.611. The second-order valence-corrected chi connectivity index (χ2v) is 3.04. The number of alkyl halides is 2. The van der Waals surface area contributed by atoms with Crippen molar-refractivity contribution in [2.45, 2.75) is 13.0 Å². The Morgan fingerprint density at radius 3 is 2.54 bits per heavy atom. The van der Waals surface area contributed by atoms with Gasteiger partial charge in [-0.1, -0.05) is 23.2 Å². The number of halogens is 4. The zero-order chi connectivity index (χ0) is 10.0. The fourth-order valence-electron chi connectivity index (χ4n) is 0.892. The van der Waals surface area contributed by atoms with Crippen molar-refractivity contribution >= 4 is 23.2 Å². The molecule has 0 aliphatic rings. The van der Waals surface area contributed by atoms with Gasteiger partial charge in [0.2, 0.25) is 0 Å². The second kappa shape index (κ2) is 4.17. The van der Waals surface area contributed by atoms with Gasteiger partial charge in [-0.15, -0.1) is 0 Å². The minimum atomic E-state index is -2.76. The zero-order valence-electron chi connectivity index (χ0n) is 6.27. The Morgan fingerprint density at radius 2 is 2.08 bits per heavy atom.